The highest BCUT2D eigenvalue weighted by Gasteiger charge is 2.19. The van der Waals surface area contributed by atoms with Crippen molar-refractivity contribution in [3.63, 3.8) is 0 Å². The number of nitrogens with two attached hydrogens (primary N) is 1. The van der Waals surface area contributed by atoms with Crippen LogP contribution in [-0.2, 0) is 6.54 Å². The molecule has 0 saturated carbocycles. The Morgan fingerprint density at radius 1 is 1.19 bits per heavy atom. The van der Waals surface area contributed by atoms with Crippen LogP contribution in [0.4, 0.5) is 0 Å². The van der Waals surface area contributed by atoms with E-state index in [2.05, 4.69) is 57.8 Å². The summed E-state index contributed by atoms with van der Waals surface area (Å²) in [6.07, 6.45) is 1.80. The Labute approximate surface area is 150 Å². The largest absolute Gasteiger partial charge is 0.319 e. The Bertz CT molecular complexity index is 604. The zero-order valence-electron chi connectivity index (χ0n) is 11.9. The molecule has 0 bridgehead atoms. The summed E-state index contributed by atoms with van der Waals surface area (Å²) in [5.74, 6) is 0. The van der Waals surface area contributed by atoms with E-state index < -0.39 is 0 Å². The lowest BCUT2D eigenvalue weighted by Crippen LogP contribution is -2.23. The lowest BCUT2D eigenvalue weighted by atomic mass is 10.0. The average molecular weight is 481 g/mol. The second-order valence-corrected chi connectivity index (χ2v) is 7.77. The molecule has 4 nitrogen and oxygen atoms in total. The van der Waals surface area contributed by atoms with Crippen LogP contribution in [0.15, 0.2) is 37.8 Å². The maximum atomic E-state index is 6.46. The molecule has 0 aliphatic rings. The summed E-state index contributed by atoms with van der Waals surface area (Å²) >= 11 is 10.6. The van der Waals surface area contributed by atoms with Crippen molar-refractivity contribution >= 4 is 47.8 Å². The summed E-state index contributed by atoms with van der Waals surface area (Å²) in [5, 5.41) is 4.42. The summed E-state index contributed by atoms with van der Waals surface area (Å²) < 4.78 is 4.89. The molecule has 0 radical (unpaired) electrons. The predicted molar refractivity (Wildman–Crippen MR) is 96.4 cm³/mol. The Morgan fingerprint density at radius 2 is 1.81 bits per heavy atom. The third-order valence-corrected chi connectivity index (χ3v) is 4.66. The van der Waals surface area contributed by atoms with Crippen molar-refractivity contribution < 1.29 is 0 Å². The Morgan fingerprint density at radius 3 is 2.38 bits per heavy atom. The minimum Gasteiger partial charge on any atom is -0.319 e. The third-order valence-electron chi connectivity index (χ3n) is 3.13. The standard InChI is InChI=1S/C14H17Br3N4/c1-20(2)3-4-21-14(12(17)8-19-21)13(18)9-5-10(15)7-11(16)6-9/h5-8,13H,3-4,18H2,1-2H3. The molecule has 0 spiro atoms. The average Bonchev–Trinajstić information content (AvgIpc) is 2.75. The fourth-order valence-electron chi connectivity index (χ4n) is 2.07. The van der Waals surface area contributed by atoms with Crippen molar-refractivity contribution in [1.82, 2.24) is 14.7 Å². The number of rotatable bonds is 5. The molecule has 2 rings (SSSR count). The van der Waals surface area contributed by atoms with Gasteiger partial charge in [-0.3, -0.25) is 4.68 Å². The number of likely N-dealkylation sites (N-methyl/N-ethyl adjacent to an activating group) is 1. The van der Waals surface area contributed by atoms with Gasteiger partial charge in [0.1, 0.15) is 0 Å². The van der Waals surface area contributed by atoms with Gasteiger partial charge in [-0.2, -0.15) is 5.10 Å². The highest BCUT2D eigenvalue weighted by Crippen LogP contribution is 2.30. The quantitative estimate of drug-likeness (QED) is 0.708. The van der Waals surface area contributed by atoms with Gasteiger partial charge in [0.15, 0.2) is 0 Å². The molecule has 1 unspecified atom stereocenters. The van der Waals surface area contributed by atoms with Gasteiger partial charge in [0.05, 0.1) is 29.0 Å². The van der Waals surface area contributed by atoms with Gasteiger partial charge in [-0.25, -0.2) is 0 Å². The van der Waals surface area contributed by atoms with Gasteiger partial charge in [-0.1, -0.05) is 31.9 Å². The summed E-state index contributed by atoms with van der Waals surface area (Å²) in [7, 11) is 4.09. The molecule has 7 heteroatoms. The van der Waals surface area contributed by atoms with Gasteiger partial charge < -0.3 is 10.6 Å². The maximum absolute atomic E-state index is 6.46. The van der Waals surface area contributed by atoms with Crippen LogP contribution in [-0.4, -0.2) is 35.3 Å². The number of aromatic nitrogens is 2. The van der Waals surface area contributed by atoms with Crippen molar-refractivity contribution in [3.8, 4) is 0 Å². The van der Waals surface area contributed by atoms with E-state index in [1.54, 1.807) is 6.20 Å². The zero-order valence-corrected chi connectivity index (χ0v) is 16.6. The first kappa shape index (κ1) is 17.1. The van der Waals surface area contributed by atoms with Crippen molar-refractivity contribution in [2.75, 3.05) is 20.6 Å². The molecule has 0 amide bonds. The lowest BCUT2D eigenvalue weighted by Gasteiger charge is -2.18. The normalized spacial score (nSPS) is 12.9. The molecule has 2 N–H and O–H groups in total. The SMILES string of the molecule is CN(C)CCn1ncc(Br)c1C(N)c1cc(Br)cc(Br)c1. The van der Waals surface area contributed by atoms with Crippen molar-refractivity contribution in [2.24, 2.45) is 5.73 Å². The van der Waals surface area contributed by atoms with Gasteiger partial charge in [0.2, 0.25) is 0 Å². The van der Waals surface area contributed by atoms with Crippen LogP contribution in [0.2, 0.25) is 0 Å². The molecule has 1 atom stereocenters. The Hall–Kier alpha value is -0.210. The van der Waals surface area contributed by atoms with Gasteiger partial charge in [-0.15, -0.1) is 0 Å². The second-order valence-electron chi connectivity index (χ2n) is 5.08. The fourth-order valence-corrected chi connectivity index (χ4v) is 3.94. The number of hydrogen-bond acceptors (Lipinski definition) is 3. The molecule has 2 aromatic rings. The van der Waals surface area contributed by atoms with Crippen molar-refractivity contribution in [1.29, 1.82) is 0 Å². The minimum absolute atomic E-state index is 0.238. The van der Waals surface area contributed by atoms with Gasteiger partial charge in [-0.05, 0) is 53.8 Å². The lowest BCUT2D eigenvalue weighted by molar-refractivity contribution is 0.368. The van der Waals surface area contributed by atoms with Crippen LogP contribution in [0.3, 0.4) is 0 Å². The molecule has 114 valence electrons. The van der Waals surface area contributed by atoms with Crippen LogP contribution >= 0.6 is 47.8 Å². The van der Waals surface area contributed by atoms with E-state index >= 15 is 0 Å². The van der Waals surface area contributed by atoms with Crippen LogP contribution in [0.25, 0.3) is 0 Å². The molecular formula is C14H17Br3N4. The smallest absolute Gasteiger partial charge is 0.0739 e. The topological polar surface area (TPSA) is 47.1 Å². The molecule has 21 heavy (non-hydrogen) atoms. The minimum atomic E-state index is -0.238. The van der Waals surface area contributed by atoms with Gasteiger partial charge in [0.25, 0.3) is 0 Å². The number of nitrogens with zero attached hydrogens (tertiary/aromatic N) is 3. The maximum Gasteiger partial charge on any atom is 0.0739 e. The first-order chi connectivity index (χ1) is 9.88. The summed E-state index contributed by atoms with van der Waals surface area (Å²) in [4.78, 5) is 2.13. The van der Waals surface area contributed by atoms with Gasteiger partial charge >= 0.3 is 0 Å². The van der Waals surface area contributed by atoms with E-state index in [-0.39, 0.29) is 6.04 Å². The first-order valence-corrected chi connectivity index (χ1v) is 8.84. The third kappa shape index (κ3) is 4.39. The van der Waals surface area contributed by atoms with E-state index in [4.69, 9.17) is 5.73 Å². The van der Waals surface area contributed by atoms with Crippen molar-refractivity contribution in [2.45, 2.75) is 12.6 Å². The predicted octanol–water partition coefficient (Wildman–Crippen LogP) is 3.78. The van der Waals surface area contributed by atoms with Crippen LogP contribution in [0, 0.1) is 0 Å². The molecule has 0 fully saturated rings. The first-order valence-electron chi connectivity index (χ1n) is 6.46. The molecular weight excluding hydrogens is 464 g/mol. The van der Waals surface area contributed by atoms with Gasteiger partial charge in [0, 0.05) is 15.5 Å². The summed E-state index contributed by atoms with van der Waals surface area (Å²) in [5.41, 5.74) is 8.48. The van der Waals surface area contributed by atoms with Crippen molar-refractivity contribution in [3.05, 3.63) is 49.1 Å². The second kappa shape index (κ2) is 7.37. The summed E-state index contributed by atoms with van der Waals surface area (Å²) in [6, 6.07) is 5.82. The Kier molecular flexibility index (Phi) is 6.02. The van der Waals surface area contributed by atoms with E-state index in [9.17, 15) is 0 Å². The molecule has 1 heterocycles. The van der Waals surface area contributed by atoms with E-state index in [1.807, 2.05) is 37.0 Å². The van der Waals surface area contributed by atoms with Crippen LogP contribution < -0.4 is 5.73 Å². The number of halogens is 3. The molecule has 1 aromatic carbocycles. The highest BCUT2D eigenvalue weighted by atomic mass is 79.9. The molecule has 0 aliphatic carbocycles. The molecule has 0 aliphatic heterocycles. The van der Waals surface area contributed by atoms with E-state index in [1.165, 1.54) is 0 Å². The zero-order chi connectivity index (χ0) is 15.6. The van der Waals surface area contributed by atoms with Crippen LogP contribution in [0.1, 0.15) is 17.3 Å². The van der Waals surface area contributed by atoms with E-state index in [0.717, 1.165) is 37.8 Å². The Balaban J connectivity index is 2.33. The summed E-state index contributed by atoms with van der Waals surface area (Å²) in [6.45, 7) is 1.72. The number of hydrogen-bond donors (Lipinski definition) is 1. The number of benzene rings is 1. The van der Waals surface area contributed by atoms with Crippen LogP contribution in [0.5, 0.6) is 0 Å². The fraction of sp³-hybridized carbons (Fsp3) is 0.357. The monoisotopic (exact) mass is 478 g/mol. The molecule has 1 aromatic heterocycles. The molecule has 0 saturated heterocycles. The highest BCUT2D eigenvalue weighted by molar-refractivity contribution is 9.11. The van der Waals surface area contributed by atoms with E-state index in [0.29, 0.717) is 0 Å².